The number of fused-ring (bicyclic) bond motifs is 1. The van der Waals surface area contributed by atoms with Gasteiger partial charge in [-0.2, -0.15) is 0 Å². The Morgan fingerprint density at radius 2 is 2.05 bits per heavy atom. The fraction of sp³-hybridized carbons (Fsp3) is 0.444. The van der Waals surface area contributed by atoms with Crippen molar-refractivity contribution in [3.63, 3.8) is 0 Å². The van der Waals surface area contributed by atoms with Crippen molar-refractivity contribution in [3.8, 4) is 17.1 Å². The minimum atomic E-state index is 0.818. The van der Waals surface area contributed by atoms with E-state index in [0.717, 1.165) is 35.9 Å². The van der Waals surface area contributed by atoms with Crippen molar-refractivity contribution in [2.45, 2.75) is 39.0 Å². The Labute approximate surface area is 126 Å². The van der Waals surface area contributed by atoms with Gasteiger partial charge in [0.2, 0.25) is 0 Å². The Balaban J connectivity index is 1.83. The van der Waals surface area contributed by atoms with Crippen LogP contribution in [0.3, 0.4) is 0 Å². The van der Waals surface area contributed by atoms with Gasteiger partial charge >= 0.3 is 0 Å². The Morgan fingerprint density at radius 3 is 2.76 bits per heavy atom. The van der Waals surface area contributed by atoms with Gasteiger partial charge in [0.1, 0.15) is 5.75 Å². The van der Waals surface area contributed by atoms with E-state index >= 15 is 0 Å². The SMILES string of the molecule is CCCC1CCc2nc(-c3ccc(OC)cc3)ncc2C1. The van der Waals surface area contributed by atoms with Gasteiger partial charge < -0.3 is 4.74 Å². The second-order valence-corrected chi connectivity index (χ2v) is 5.79. The van der Waals surface area contributed by atoms with Gasteiger partial charge in [0.15, 0.2) is 5.82 Å². The highest BCUT2D eigenvalue weighted by molar-refractivity contribution is 5.56. The van der Waals surface area contributed by atoms with Gasteiger partial charge in [0, 0.05) is 17.5 Å². The molecule has 21 heavy (non-hydrogen) atoms. The third-order valence-corrected chi connectivity index (χ3v) is 4.30. The molecule has 3 heteroatoms. The van der Waals surface area contributed by atoms with Crippen molar-refractivity contribution in [1.29, 1.82) is 0 Å². The molecule has 1 aliphatic rings. The molecule has 0 fully saturated rings. The third kappa shape index (κ3) is 3.07. The highest BCUT2D eigenvalue weighted by Crippen LogP contribution is 2.28. The minimum Gasteiger partial charge on any atom is -0.497 e. The van der Waals surface area contributed by atoms with Crippen LogP contribution in [0, 0.1) is 5.92 Å². The quantitative estimate of drug-likeness (QED) is 0.848. The number of hydrogen-bond donors (Lipinski definition) is 0. The number of ether oxygens (including phenoxy) is 1. The predicted molar refractivity (Wildman–Crippen MR) is 84.4 cm³/mol. The molecule has 1 atom stereocenters. The van der Waals surface area contributed by atoms with E-state index in [-0.39, 0.29) is 0 Å². The molecule has 1 heterocycles. The zero-order valence-electron chi connectivity index (χ0n) is 12.8. The molecule has 3 rings (SSSR count). The van der Waals surface area contributed by atoms with Crippen LogP contribution in [0.2, 0.25) is 0 Å². The van der Waals surface area contributed by atoms with Crippen molar-refractivity contribution in [3.05, 3.63) is 41.7 Å². The summed E-state index contributed by atoms with van der Waals surface area (Å²) in [7, 11) is 1.68. The zero-order valence-corrected chi connectivity index (χ0v) is 12.8. The first-order chi connectivity index (χ1) is 10.3. The molecular weight excluding hydrogens is 260 g/mol. The monoisotopic (exact) mass is 282 g/mol. The van der Waals surface area contributed by atoms with Gasteiger partial charge in [-0.1, -0.05) is 19.8 Å². The molecule has 1 aliphatic carbocycles. The van der Waals surface area contributed by atoms with Crippen LogP contribution in [-0.4, -0.2) is 17.1 Å². The summed E-state index contributed by atoms with van der Waals surface area (Å²) in [6.07, 6.45) is 8.12. The van der Waals surface area contributed by atoms with Crippen molar-refractivity contribution in [2.75, 3.05) is 7.11 Å². The van der Waals surface area contributed by atoms with E-state index < -0.39 is 0 Å². The molecule has 1 unspecified atom stereocenters. The summed E-state index contributed by atoms with van der Waals surface area (Å²) in [6.45, 7) is 2.26. The summed E-state index contributed by atoms with van der Waals surface area (Å²) in [4.78, 5) is 9.34. The number of benzene rings is 1. The van der Waals surface area contributed by atoms with Crippen LogP contribution in [0.25, 0.3) is 11.4 Å². The summed E-state index contributed by atoms with van der Waals surface area (Å²) >= 11 is 0. The van der Waals surface area contributed by atoms with Crippen LogP contribution in [0.1, 0.15) is 37.4 Å². The molecule has 0 radical (unpaired) electrons. The second-order valence-electron chi connectivity index (χ2n) is 5.79. The summed E-state index contributed by atoms with van der Waals surface area (Å²) < 4.78 is 5.19. The van der Waals surface area contributed by atoms with E-state index in [1.807, 2.05) is 30.5 Å². The first kappa shape index (κ1) is 14.1. The Bertz CT molecular complexity index is 607. The lowest BCUT2D eigenvalue weighted by molar-refractivity contribution is 0.415. The maximum Gasteiger partial charge on any atom is 0.159 e. The number of methoxy groups -OCH3 is 1. The van der Waals surface area contributed by atoms with Gasteiger partial charge in [0.05, 0.1) is 7.11 Å². The highest BCUT2D eigenvalue weighted by Gasteiger charge is 2.20. The molecule has 1 aromatic carbocycles. The largest absolute Gasteiger partial charge is 0.497 e. The summed E-state index contributed by atoms with van der Waals surface area (Å²) in [5.74, 6) is 2.50. The molecular formula is C18H22N2O. The molecule has 0 spiro atoms. The molecule has 0 N–H and O–H groups in total. The molecule has 110 valence electrons. The molecule has 0 saturated heterocycles. The number of aryl methyl sites for hydroxylation is 1. The van der Waals surface area contributed by atoms with E-state index in [9.17, 15) is 0 Å². The number of aromatic nitrogens is 2. The zero-order chi connectivity index (χ0) is 14.7. The average Bonchev–Trinajstić information content (AvgIpc) is 2.55. The van der Waals surface area contributed by atoms with Crippen LogP contribution in [-0.2, 0) is 12.8 Å². The van der Waals surface area contributed by atoms with E-state index in [4.69, 9.17) is 9.72 Å². The van der Waals surface area contributed by atoms with E-state index in [1.54, 1.807) is 7.11 Å². The number of nitrogens with zero attached hydrogens (tertiary/aromatic N) is 2. The standard InChI is InChI=1S/C18H22N2O/c1-3-4-13-5-10-17-15(11-13)12-19-18(20-17)14-6-8-16(21-2)9-7-14/h6-9,12-13H,3-5,10-11H2,1-2H3. The molecule has 0 aliphatic heterocycles. The maximum atomic E-state index is 5.19. The Morgan fingerprint density at radius 1 is 1.24 bits per heavy atom. The van der Waals surface area contributed by atoms with Gasteiger partial charge in [-0.25, -0.2) is 9.97 Å². The molecule has 3 nitrogen and oxygen atoms in total. The van der Waals surface area contributed by atoms with Crippen molar-refractivity contribution in [2.24, 2.45) is 5.92 Å². The molecule has 0 saturated carbocycles. The van der Waals surface area contributed by atoms with Crippen LogP contribution in [0.15, 0.2) is 30.5 Å². The summed E-state index contributed by atoms with van der Waals surface area (Å²) in [6, 6.07) is 7.94. The summed E-state index contributed by atoms with van der Waals surface area (Å²) in [5, 5.41) is 0. The fourth-order valence-corrected chi connectivity index (χ4v) is 3.12. The third-order valence-electron chi connectivity index (χ3n) is 4.30. The lowest BCUT2D eigenvalue weighted by Gasteiger charge is -2.23. The normalized spacial score (nSPS) is 17.3. The molecule has 0 amide bonds. The van der Waals surface area contributed by atoms with Crippen LogP contribution < -0.4 is 4.74 Å². The Hall–Kier alpha value is -1.90. The smallest absolute Gasteiger partial charge is 0.159 e. The average molecular weight is 282 g/mol. The lowest BCUT2D eigenvalue weighted by atomic mass is 9.84. The summed E-state index contributed by atoms with van der Waals surface area (Å²) in [5.41, 5.74) is 3.63. The van der Waals surface area contributed by atoms with Crippen molar-refractivity contribution in [1.82, 2.24) is 9.97 Å². The molecule has 2 aromatic rings. The highest BCUT2D eigenvalue weighted by atomic mass is 16.5. The van der Waals surface area contributed by atoms with Gasteiger partial charge in [-0.15, -0.1) is 0 Å². The topological polar surface area (TPSA) is 35.0 Å². The van der Waals surface area contributed by atoms with Crippen molar-refractivity contribution >= 4 is 0 Å². The minimum absolute atomic E-state index is 0.818. The van der Waals surface area contributed by atoms with Gasteiger partial charge in [-0.05, 0) is 55.0 Å². The molecule has 1 aromatic heterocycles. The molecule has 0 bridgehead atoms. The van der Waals surface area contributed by atoms with E-state index in [1.165, 1.54) is 30.5 Å². The second kappa shape index (κ2) is 6.25. The first-order valence-corrected chi connectivity index (χ1v) is 7.79. The van der Waals surface area contributed by atoms with Gasteiger partial charge in [0.25, 0.3) is 0 Å². The van der Waals surface area contributed by atoms with E-state index in [0.29, 0.717) is 0 Å². The van der Waals surface area contributed by atoms with Crippen LogP contribution in [0.4, 0.5) is 0 Å². The first-order valence-electron chi connectivity index (χ1n) is 7.79. The van der Waals surface area contributed by atoms with Crippen LogP contribution >= 0.6 is 0 Å². The number of rotatable bonds is 4. The maximum absolute atomic E-state index is 5.19. The van der Waals surface area contributed by atoms with Crippen molar-refractivity contribution < 1.29 is 4.74 Å². The lowest BCUT2D eigenvalue weighted by Crippen LogP contribution is -2.16. The predicted octanol–water partition coefficient (Wildman–Crippen LogP) is 4.06. The van der Waals surface area contributed by atoms with Gasteiger partial charge in [-0.3, -0.25) is 0 Å². The number of hydrogen-bond acceptors (Lipinski definition) is 3. The van der Waals surface area contributed by atoms with Crippen LogP contribution in [0.5, 0.6) is 5.75 Å². The fourth-order valence-electron chi connectivity index (χ4n) is 3.12. The Kier molecular flexibility index (Phi) is 4.18. The van der Waals surface area contributed by atoms with E-state index in [2.05, 4.69) is 11.9 Å².